The summed E-state index contributed by atoms with van der Waals surface area (Å²) >= 11 is 0. The number of aliphatic hydroxyl groups is 2. The van der Waals surface area contributed by atoms with Crippen molar-refractivity contribution in [2.45, 2.75) is 83.7 Å². The quantitative estimate of drug-likeness (QED) is 0.387. The minimum Gasteiger partial charge on any atom is -0.481 e. The van der Waals surface area contributed by atoms with Crippen LogP contribution in [-0.2, 0) is 23.9 Å². The standard InChI is InChI=1S/C23H36O8/c1-14(12-15(2)21(27)16(3)19(30-4)13-20(25)26)18-11-9-7-5-6-8-10-17(24)22(28)23(29)31-18/h8,10,12,15-19,22,24,28H,5-7,9,11,13H2,1-4H3,(H,25,26)/b10-8+,14-12+/t15-,16-,17-,18+,19-,22-/m1/s1. The highest BCUT2D eigenvalue weighted by molar-refractivity contribution is 5.85. The van der Waals surface area contributed by atoms with E-state index < -0.39 is 48.2 Å². The largest absolute Gasteiger partial charge is 0.481 e. The van der Waals surface area contributed by atoms with E-state index in [0.29, 0.717) is 12.0 Å². The molecule has 0 saturated carbocycles. The molecule has 176 valence electrons. The molecule has 0 spiro atoms. The molecule has 0 aromatic rings. The average Bonchev–Trinajstić information content (AvgIpc) is 2.72. The number of cyclic esters (lactones) is 1. The van der Waals surface area contributed by atoms with Gasteiger partial charge in [0.05, 0.1) is 12.5 Å². The third kappa shape index (κ3) is 8.93. The minimum absolute atomic E-state index is 0.174. The highest BCUT2D eigenvalue weighted by Gasteiger charge is 2.30. The van der Waals surface area contributed by atoms with E-state index in [-0.39, 0.29) is 12.2 Å². The fraction of sp³-hybridized carbons (Fsp3) is 0.696. The zero-order valence-corrected chi connectivity index (χ0v) is 18.8. The molecule has 0 saturated heterocycles. The van der Waals surface area contributed by atoms with E-state index in [2.05, 4.69) is 0 Å². The van der Waals surface area contributed by atoms with Gasteiger partial charge >= 0.3 is 11.9 Å². The molecule has 0 amide bonds. The van der Waals surface area contributed by atoms with Gasteiger partial charge in [-0.15, -0.1) is 0 Å². The number of aliphatic hydroxyl groups excluding tert-OH is 2. The molecule has 0 aliphatic carbocycles. The maximum Gasteiger partial charge on any atom is 0.338 e. The smallest absolute Gasteiger partial charge is 0.338 e. The highest BCUT2D eigenvalue weighted by atomic mass is 16.6. The van der Waals surface area contributed by atoms with E-state index in [1.165, 1.54) is 13.2 Å². The molecule has 0 aromatic heterocycles. The van der Waals surface area contributed by atoms with Gasteiger partial charge in [-0.25, -0.2) is 4.79 Å². The summed E-state index contributed by atoms with van der Waals surface area (Å²) in [5, 5.41) is 28.9. The second kappa shape index (κ2) is 13.4. The molecule has 6 atom stereocenters. The van der Waals surface area contributed by atoms with Crippen molar-refractivity contribution in [3.63, 3.8) is 0 Å². The third-order valence-corrected chi connectivity index (χ3v) is 5.65. The Morgan fingerprint density at radius 3 is 2.55 bits per heavy atom. The number of carboxylic acid groups (broad SMARTS) is 1. The van der Waals surface area contributed by atoms with Crippen molar-refractivity contribution in [1.29, 1.82) is 0 Å². The van der Waals surface area contributed by atoms with Crippen molar-refractivity contribution >= 4 is 17.7 Å². The molecule has 0 radical (unpaired) electrons. The fourth-order valence-electron chi connectivity index (χ4n) is 3.66. The zero-order chi connectivity index (χ0) is 23.6. The van der Waals surface area contributed by atoms with Gasteiger partial charge in [-0.05, 0) is 38.2 Å². The van der Waals surface area contributed by atoms with Crippen LogP contribution in [0.1, 0.15) is 59.3 Å². The average molecular weight is 441 g/mol. The molecule has 31 heavy (non-hydrogen) atoms. The summed E-state index contributed by atoms with van der Waals surface area (Å²) < 4.78 is 10.6. The van der Waals surface area contributed by atoms with Gasteiger partial charge in [0.2, 0.25) is 0 Å². The van der Waals surface area contributed by atoms with Crippen LogP contribution in [0.15, 0.2) is 23.8 Å². The SMILES string of the molecule is CO[C@H](CC(=O)O)[C@@H](C)C(=O)[C@H](C)/C=C(\C)[C@@H]1CCCCC/C=C/[C@@H](O)[C@@H](O)C(=O)O1. The van der Waals surface area contributed by atoms with Crippen molar-refractivity contribution in [3.05, 3.63) is 23.8 Å². The number of carbonyl (C=O) groups excluding carboxylic acids is 2. The van der Waals surface area contributed by atoms with Gasteiger partial charge in [-0.3, -0.25) is 9.59 Å². The topological polar surface area (TPSA) is 130 Å². The number of esters is 1. The van der Waals surface area contributed by atoms with Gasteiger partial charge < -0.3 is 24.8 Å². The van der Waals surface area contributed by atoms with Gasteiger partial charge in [-0.2, -0.15) is 0 Å². The normalized spacial score (nSPS) is 27.7. The number of aliphatic carboxylic acids is 1. The first-order valence-corrected chi connectivity index (χ1v) is 10.8. The van der Waals surface area contributed by atoms with Crippen molar-refractivity contribution < 1.29 is 39.2 Å². The molecule has 8 nitrogen and oxygen atoms in total. The Labute approximate surface area is 183 Å². The van der Waals surface area contributed by atoms with Gasteiger partial charge in [0.15, 0.2) is 6.10 Å². The Bertz CT molecular complexity index is 668. The summed E-state index contributed by atoms with van der Waals surface area (Å²) in [5.41, 5.74) is 0.669. The first-order chi connectivity index (χ1) is 14.6. The fourth-order valence-corrected chi connectivity index (χ4v) is 3.66. The van der Waals surface area contributed by atoms with Crippen molar-refractivity contribution in [2.24, 2.45) is 11.8 Å². The molecule has 8 heteroatoms. The first-order valence-electron chi connectivity index (χ1n) is 10.8. The van der Waals surface area contributed by atoms with Crippen molar-refractivity contribution in [1.82, 2.24) is 0 Å². The van der Waals surface area contributed by atoms with Crippen LogP contribution >= 0.6 is 0 Å². The number of carbonyl (C=O) groups is 3. The molecule has 1 aliphatic rings. The number of allylic oxidation sites excluding steroid dienone is 2. The van der Waals surface area contributed by atoms with Crippen LogP contribution in [0.2, 0.25) is 0 Å². The number of methoxy groups -OCH3 is 1. The molecule has 1 aliphatic heterocycles. The molecule has 0 fully saturated rings. The van der Waals surface area contributed by atoms with E-state index in [4.69, 9.17) is 14.6 Å². The number of ether oxygens (including phenoxy) is 2. The molecule has 1 rings (SSSR count). The summed E-state index contributed by atoms with van der Waals surface area (Å²) in [7, 11) is 1.38. The number of hydrogen-bond donors (Lipinski definition) is 3. The van der Waals surface area contributed by atoms with E-state index in [1.54, 1.807) is 32.9 Å². The van der Waals surface area contributed by atoms with E-state index in [0.717, 1.165) is 25.7 Å². The number of hydrogen-bond acceptors (Lipinski definition) is 7. The van der Waals surface area contributed by atoms with Gasteiger partial charge in [0, 0.05) is 18.9 Å². The van der Waals surface area contributed by atoms with Crippen molar-refractivity contribution in [3.8, 4) is 0 Å². The molecule has 0 aromatic carbocycles. The van der Waals surface area contributed by atoms with Crippen LogP contribution in [-0.4, -0.2) is 64.6 Å². The predicted octanol–water partition coefficient (Wildman–Crippen LogP) is 2.42. The van der Waals surface area contributed by atoms with E-state index in [9.17, 15) is 24.6 Å². The first kappa shape index (κ1) is 27.0. The number of rotatable bonds is 8. The summed E-state index contributed by atoms with van der Waals surface area (Å²) in [4.78, 5) is 36.1. The summed E-state index contributed by atoms with van der Waals surface area (Å²) in [5.74, 6) is -3.29. The molecular formula is C23H36O8. The van der Waals surface area contributed by atoms with Crippen LogP contribution in [0.3, 0.4) is 0 Å². The number of Topliss-reactive ketones (excluding diaryl/α,β-unsaturated/α-hetero) is 1. The second-order valence-electron chi connectivity index (χ2n) is 8.19. The lowest BCUT2D eigenvalue weighted by Crippen LogP contribution is -2.37. The Balaban J connectivity index is 2.94. The maximum absolute atomic E-state index is 12.8. The monoisotopic (exact) mass is 440 g/mol. The zero-order valence-electron chi connectivity index (χ0n) is 18.8. The molecule has 0 unspecified atom stereocenters. The van der Waals surface area contributed by atoms with Gasteiger partial charge in [0.25, 0.3) is 0 Å². The third-order valence-electron chi connectivity index (χ3n) is 5.65. The lowest BCUT2D eigenvalue weighted by Gasteiger charge is -2.24. The summed E-state index contributed by atoms with van der Waals surface area (Å²) in [6.45, 7) is 5.10. The van der Waals surface area contributed by atoms with E-state index in [1.807, 2.05) is 0 Å². The lowest BCUT2D eigenvalue weighted by molar-refractivity contribution is -0.162. The van der Waals surface area contributed by atoms with Crippen LogP contribution < -0.4 is 0 Å². The minimum atomic E-state index is -1.68. The van der Waals surface area contributed by atoms with Crippen LogP contribution in [0, 0.1) is 11.8 Å². The van der Waals surface area contributed by atoms with Gasteiger partial charge in [0.1, 0.15) is 18.0 Å². The Morgan fingerprint density at radius 1 is 1.26 bits per heavy atom. The summed E-state index contributed by atoms with van der Waals surface area (Å²) in [6.07, 6.45) is 4.14. The highest BCUT2D eigenvalue weighted by Crippen LogP contribution is 2.22. The molecule has 0 bridgehead atoms. The predicted molar refractivity (Wildman–Crippen MR) is 114 cm³/mol. The molecular weight excluding hydrogens is 404 g/mol. The lowest BCUT2D eigenvalue weighted by atomic mass is 9.88. The van der Waals surface area contributed by atoms with Crippen LogP contribution in [0.5, 0.6) is 0 Å². The number of carboxylic acids is 1. The summed E-state index contributed by atoms with van der Waals surface area (Å²) in [6, 6.07) is 0. The Morgan fingerprint density at radius 2 is 1.94 bits per heavy atom. The van der Waals surface area contributed by atoms with Gasteiger partial charge in [-0.1, -0.05) is 38.5 Å². The Kier molecular flexibility index (Phi) is 11.7. The van der Waals surface area contributed by atoms with Crippen LogP contribution in [0.25, 0.3) is 0 Å². The maximum atomic E-state index is 12.8. The second-order valence-corrected chi connectivity index (χ2v) is 8.19. The molecule has 1 heterocycles. The van der Waals surface area contributed by atoms with Crippen molar-refractivity contribution in [2.75, 3.05) is 7.11 Å². The Hall–Kier alpha value is -2.03. The number of ketones is 1. The van der Waals surface area contributed by atoms with Crippen LogP contribution in [0.4, 0.5) is 0 Å². The van der Waals surface area contributed by atoms with E-state index >= 15 is 0 Å². The molecule has 3 N–H and O–H groups in total.